The molecule has 1 aliphatic rings. The fourth-order valence-corrected chi connectivity index (χ4v) is 3.02. The number of nitrogens with zero attached hydrogens (tertiary/aromatic N) is 1. The highest BCUT2D eigenvalue weighted by Gasteiger charge is 2.45. The number of anilines is 1. The van der Waals surface area contributed by atoms with Gasteiger partial charge in [-0.15, -0.1) is 0 Å². The predicted molar refractivity (Wildman–Crippen MR) is 89.8 cm³/mol. The second kappa shape index (κ2) is 6.00. The van der Waals surface area contributed by atoms with Crippen LogP contribution in [0.15, 0.2) is 52.3 Å². The van der Waals surface area contributed by atoms with Crippen molar-refractivity contribution in [3.63, 3.8) is 0 Å². The molecule has 0 saturated carbocycles. The summed E-state index contributed by atoms with van der Waals surface area (Å²) in [5.41, 5.74) is 2.62. The van der Waals surface area contributed by atoms with Crippen LogP contribution in [0.5, 0.6) is 0 Å². The number of benzene rings is 1. The maximum Gasteiger partial charge on any atom is 0.294 e. The molecule has 1 aromatic heterocycles. The summed E-state index contributed by atoms with van der Waals surface area (Å²) < 4.78 is 5.47. The Balaban J connectivity index is 2.21. The molecule has 1 N–H and O–H groups in total. The summed E-state index contributed by atoms with van der Waals surface area (Å²) in [7, 11) is 0. The zero-order chi connectivity index (χ0) is 17.4. The molecule has 2 heterocycles. The van der Waals surface area contributed by atoms with E-state index in [4.69, 9.17) is 4.42 Å². The van der Waals surface area contributed by atoms with Gasteiger partial charge in [0, 0.05) is 12.1 Å². The number of furan rings is 1. The van der Waals surface area contributed by atoms with Gasteiger partial charge in [-0.05, 0) is 43.2 Å². The minimum Gasteiger partial charge on any atom is -0.503 e. The molecule has 1 aliphatic heterocycles. The minimum absolute atomic E-state index is 0.0957. The van der Waals surface area contributed by atoms with Crippen molar-refractivity contribution in [1.82, 2.24) is 0 Å². The van der Waals surface area contributed by atoms with E-state index in [1.807, 2.05) is 32.0 Å². The fourth-order valence-electron chi connectivity index (χ4n) is 3.02. The first-order valence-electron chi connectivity index (χ1n) is 7.86. The van der Waals surface area contributed by atoms with Gasteiger partial charge >= 0.3 is 0 Å². The van der Waals surface area contributed by atoms with Crippen molar-refractivity contribution >= 4 is 17.4 Å². The first-order valence-corrected chi connectivity index (χ1v) is 7.86. The maximum absolute atomic E-state index is 12.7. The molecule has 0 fully saturated rings. The molecule has 2 aromatic rings. The Morgan fingerprint density at radius 3 is 2.67 bits per heavy atom. The van der Waals surface area contributed by atoms with Crippen molar-refractivity contribution in [2.45, 2.75) is 33.2 Å². The van der Waals surface area contributed by atoms with Gasteiger partial charge in [0.2, 0.25) is 0 Å². The maximum atomic E-state index is 12.7. The number of aryl methyl sites for hydroxylation is 2. The number of Topliss-reactive ketones (excluding diaryl/α,β-unsaturated/α-hetero) is 1. The lowest BCUT2D eigenvalue weighted by Gasteiger charge is -2.26. The third-order valence-corrected chi connectivity index (χ3v) is 4.27. The fraction of sp³-hybridized carbons (Fsp3) is 0.263. The van der Waals surface area contributed by atoms with Crippen molar-refractivity contribution in [1.29, 1.82) is 0 Å². The summed E-state index contributed by atoms with van der Waals surface area (Å²) in [5, 5.41) is 10.3. The van der Waals surface area contributed by atoms with Gasteiger partial charge in [-0.1, -0.05) is 19.1 Å². The highest BCUT2D eigenvalue weighted by Crippen LogP contribution is 2.42. The van der Waals surface area contributed by atoms with Crippen molar-refractivity contribution in [2.24, 2.45) is 0 Å². The topological polar surface area (TPSA) is 70.8 Å². The molecule has 0 saturated heterocycles. The SMILES string of the molecule is CCC(=O)C1=C(O)C(=O)N(c2cc(C)ccc2C)C1c1ccco1. The molecule has 0 radical (unpaired) electrons. The Kier molecular flexibility index (Phi) is 4.01. The average molecular weight is 325 g/mol. The second-order valence-corrected chi connectivity index (χ2v) is 5.92. The van der Waals surface area contributed by atoms with Crippen LogP contribution in [-0.2, 0) is 9.59 Å². The van der Waals surface area contributed by atoms with Gasteiger partial charge in [-0.2, -0.15) is 0 Å². The zero-order valence-electron chi connectivity index (χ0n) is 13.9. The van der Waals surface area contributed by atoms with E-state index in [0.717, 1.165) is 11.1 Å². The van der Waals surface area contributed by atoms with Gasteiger partial charge in [0.15, 0.2) is 11.5 Å². The Bertz CT molecular complexity index is 833. The van der Waals surface area contributed by atoms with Crippen LogP contribution in [0.25, 0.3) is 0 Å². The molecular weight excluding hydrogens is 306 g/mol. The highest BCUT2D eigenvalue weighted by molar-refractivity contribution is 6.16. The van der Waals surface area contributed by atoms with Crippen molar-refractivity contribution in [2.75, 3.05) is 4.90 Å². The lowest BCUT2D eigenvalue weighted by Crippen LogP contribution is -2.31. The van der Waals surface area contributed by atoms with Gasteiger partial charge < -0.3 is 9.52 Å². The number of aliphatic hydroxyl groups is 1. The largest absolute Gasteiger partial charge is 0.503 e. The number of hydrogen-bond acceptors (Lipinski definition) is 4. The van der Waals surface area contributed by atoms with E-state index in [-0.39, 0.29) is 17.8 Å². The van der Waals surface area contributed by atoms with E-state index >= 15 is 0 Å². The molecule has 1 amide bonds. The van der Waals surface area contributed by atoms with E-state index in [1.165, 1.54) is 11.2 Å². The van der Waals surface area contributed by atoms with Gasteiger partial charge in [-0.25, -0.2) is 0 Å². The molecule has 0 spiro atoms. The summed E-state index contributed by atoms with van der Waals surface area (Å²) in [6.07, 6.45) is 1.69. The van der Waals surface area contributed by atoms with E-state index < -0.39 is 17.7 Å². The lowest BCUT2D eigenvalue weighted by atomic mass is 9.99. The van der Waals surface area contributed by atoms with Crippen LogP contribution in [0.2, 0.25) is 0 Å². The van der Waals surface area contributed by atoms with E-state index in [9.17, 15) is 14.7 Å². The van der Waals surface area contributed by atoms with Crippen LogP contribution >= 0.6 is 0 Å². The van der Waals surface area contributed by atoms with Gasteiger partial charge in [0.1, 0.15) is 11.8 Å². The standard InChI is InChI=1S/C19H19NO4/c1-4-14(21)16-17(15-6-5-9-24-15)20(19(23)18(16)22)13-10-11(2)7-8-12(13)3/h5-10,17,22H,4H2,1-3H3. The summed E-state index contributed by atoms with van der Waals surface area (Å²) in [4.78, 5) is 26.5. The number of hydrogen-bond donors (Lipinski definition) is 1. The molecule has 5 nitrogen and oxygen atoms in total. The Hall–Kier alpha value is -2.82. The summed E-state index contributed by atoms with van der Waals surface area (Å²) in [5.74, 6) is -0.897. The summed E-state index contributed by atoms with van der Waals surface area (Å²) in [6, 6.07) is 8.39. The zero-order valence-corrected chi connectivity index (χ0v) is 13.9. The molecule has 5 heteroatoms. The summed E-state index contributed by atoms with van der Waals surface area (Å²) >= 11 is 0. The number of aliphatic hydroxyl groups excluding tert-OH is 1. The minimum atomic E-state index is -0.750. The van der Waals surface area contributed by atoms with Crippen LogP contribution in [0.4, 0.5) is 5.69 Å². The molecule has 1 atom stereocenters. The molecule has 1 unspecified atom stereocenters. The number of carbonyl (C=O) groups is 2. The van der Waals surface area contributed by atoms with Crippen LogP contribution in [0, 0.1) is 13.8 Å². The number of carbonyl (C=O) groups excluding carboxylic acids is 2. The average Bonchev–Trinajstić information content (AvgIpc) is 3.17. The van der Waals surface area contributed by atoms with Gasteiger partial charge in [0.25, 0.3) is 5.91 Å². The Labute approximate surface area is 140 Å². The van der Waals surface area contributed by atoms with Gasteiger partial charge in [-0.3, -0.25) is 14.5 Å². The van der Waals surface area contributed by atoms with E-state index in [1.54, 1.807) is 19.1 Å². The molecule has 0 bridgehead atoms. The monoisotopic (exact) mass is 325 g/mol. The quantitative estimate of drug-likeness (QED) is 0.929. The number of amides is 1. The van der Waals surface area contributed by atoms with Crippen LogP contribution in [0.1, 0.15) is 36.3 Å². The first-order chi connectivity index (χ1) is 11.5. The smallest absolute Gasteiger partial charge is 0.294 e. The van der Waals surface area contributed by atoms with E-state index in [0.29, 0.717) is 11.4 Å². The Morgan fingerprint density at radius 2 is 2.04 bits per heavy atom. The third kappa shape index (κ3) is 2.42. The normalized spacial score (nSPS) is 17.7. The molecule has 3 rings (SSSR count). The molecule has 24 heavy (non-hydrogen) atoms. The highest BCUT2D eigenvalue weighted by atomic mass is 16.3. The molecular formula is C19H19NO4. The van der Waals surface area contributed by atoms with Crippen molar-refractivity contribution in [3.8, 4) is 0 Å². The van der Waals surface area contributed by atoms with Gasteiger partial charge in [0.05, 0.1) is 11.8 Å². The molecule has 1 aromatic carbocycles. The van der Waals surface area contributed by atoms with E-state index in [2.05, 4.69) is 0 Å². The van der Waals surface area contributed by atoms with Crippen LogP contribution in [0.3, 0.4) is 0 Å². The number of ketones is 1. The number of rotatable bonds is 4. The third-order valence-electron chi connectivity index (χ3n) is 4.27. The Morgan fingerprint density at radius 1 is 1.29 bits per heavy atom. The molecule has 124 valence electrons. The summed E-state index contributed by atoms with van der Waals surface area (Å²) in [6.45, 7) is 5.52. The van der Waals surface area contributed by atoms with Crippen LogP contribution in [-0.4, -0.2) is 16.8 Å². The first kappa shape index (κ1) is 16.1. The van der Waals surface area contributed by atoms with Crippen molar-refractivity contribution in [3.05, 3.63) is 64.8 Å². The van der Waals surface area contributed by atoms with Crippen LogP contribution < -0.4 is 4.90 Å². The lowest BCUT2D eigenvalue weighted by molar-refractivity contribution is -0.118. The predicted octanol–water partition coefficient (Wildman–Crippen LogP) is 3.78. The molecule has 0 aliphatic carbocycles. The van der Waals surface area contributed by atoms with Crippen molar-refractivity contribution < 1.29 is 19.1 Å². The second-order valence-electron chi connectivity index (χ2n) is 5.92.